The van der Waals surface area contributed by atoms with Gasteiger partial charge in [-0.3, -0.25) is 9.59 Å². The van der Waals surface area contributed by atoms with E-state index in [1.807, 2.05) is 18.2 Å². The number of hydrogen-bond donors (Lipinski definition) is 1. The van der Waals surface area contributed by atoms with Crippen LogP contribution in [0.2, 0.25) is 0 Å². The van der Waals surface area contributed by atoms with Crippen LogP contribution in [0.5, 0.6) is 0 Å². The van der Waals surface area contributed by atoms with Crippen molar-refractivity contribution in [1.29, 1.82) is 0 Å². The van der Waals surface area contributed by atoms with Crippen LogP contribution < -0.4 is 5.32 Å². The Kier molecular flexibility index (Phi) is 4.17. The fraction of sp³-hybridized carbons (Fsp3) is 0.400. The van der Waals surface area contributed by atoms with Gasteiger partial charge in [0.2, 0.25) is 0 Å². The number of likely N-dealkylation sites (N-methyl/N-ethyl adjacent to an activating group) is 1. The second-order valence-corrected chi connectivity index (χ2v) is 6.89. The predicted octanol–water partition coefficient (Wildman–Crippen LogP) is 2.51. The summed E-state index contributed by atoms with van der Waals surface area (Å²) in [5.41, 5.74) is 3.32. The molecule has 0 unspecified atom stereocenters. The van der Waals surface area contributed by atoms with E-state index >= 15 is 0 Å². The molecule has 2 amide bonds. The third kappa shape index (κ3) is 3.00. The first-order valence-corrected chi connectivity index (χ1v) is 8.85. The van der Waals surface area contributed by atoms with Crippen molar-refractivity contribution in [3.05, 3.63) is 41.5 Å². The van der Waals surface area contributed by atoms with E-state index in [0.717, 1.165) is 37.7 Å². The Balaban J connectivity index is 1.51. The molecule has 25 heavy (non-hydrogen) atoms. The first-order chi connectivity index (χ1) is 12.1. The van der Waals surface area contributed by atoms with Gasteiger partial charge in [-0.25, -0.2) is 0 Å². The maximum Gasteiger partial charge on any atom is 0.313 e. The van der Waals surface area contributed by atoms with Crippen molar-refractivity contribution in [1.82, 2.24) is 4.90 Å². The molecule has 1 N–H and O–H groups in total. The molecule has 2 aromatic carbocycles. The van der Waals surface area contributed by atoms with E-state index in [1.54, 1.807) is 7.05 Å². The molecule has 1 aliphatic heterocycles. The van der Waals surface area contributed by atoms with Gasteiger partial charge in [-0.15, -0.1) is 0 Å². The van der Waals surface area contributed by atoms with Crippen LogP contribution in [-0.2, 0) is 27.2 Å². The number of ether oxygens (including phenoxy) is 1. The van der Waals surface area contributed by atoms with Gasteiger partial charge in [0.15, 0.2) is 0 Å². The zero-order valence-electron chi connectivity index (χ0n) is 14.4. The summed E-state index contributed by atoms with van der Waals surface area (Å²) in [6.45, 7) is 1.19. The smallest absolute Gasteiger partial charge is 0.313 e. The van der Waals surface area contributed by atoms with E-state index < -0.39 is 11.8 Å². The summed E-state index contributed by atoms with van der Waals surface area (Å²) < 4.78 is 5.54. The lowest BCUT2D eigenvalue weighted by Gasteiger charge is -2.20. The first kappa shape index (κ1) is 16.1. The lowest BCUT2D eigenvalue weighted by atomic mass is 10.0. The number of nitrogens with zero attached hydrogens (tertiary/aromatic N) is 1. The second-order valence-electron chi connectivity index (χ2n) is 6.89. The van der Waals surface area contributed by atoms with Crippen molar-refractivity contribution >= 4 is 28.3 Å². The lowest BCUT2D eigenvalue weighted by Crippen LogP contribution is -2.40. The van der Waals surface area contributed by atoms with Gasteiger partial charge in [0.1, 0.15) is 0 Å². The van der Waals surface area contributed by atoms with Crippen molar-refractivity contribution < 1.29 is 14.3 Å². The van der Waals surface area contributed by atoms with Crippen LogP contribution in [0, 0.1) is 0 Å². The molecular formula is C20H22N2O3. The van der Waals surface area contributed by atoms with Crippen LogP contribution in [0.4, 0.5) is 5.69 Å². The number of amides is 2. The summed E-state index contributed by atoms with van der Waals surface area (Å²) in [5, 5.41) is 5.03. The normalized spacial score (nSPS) is 18.5. The van der Waals surface area contributed by atoms with Crippen LogP contribution in [-0.4, -0.2) is 43.0 Å². The van der Waals surface area contributed by atoms with Gasteiger partial charge in [0, 0.05) is 31.3 Å². The molecule has 1 aliphatic carbocycles. The molecule has 0 saturated carbocycles. The first-order valence-electron chi connectivity index (χ1n) is 8.85. The monoisotopic (exact) mass is 338 g/mol. The fourth-order valence-electron chi connectivity index (χ4n) is 3.88. The average molecular weight is 338 g/mol. The van der Waals surface area contributed by atoms with Crippen molar-refractivity contribution in [2.45, 2.75) is 31.8 Å². The summed E-state index contributed by atoms with van der Waals surface area (Å²) in [6, 6.07) is 10.1. The van der Waals surface area contributed by atoms with Gasteiger partial charge in [0.05, 0.1) is 6.10 Å². The summed E-state index contributed by atoms with van der Waals surface area (Å²) in [5.74, 6) is -1.13. The van der Waals surface area contributed by atoms with Crippen LogP contribution in [0.3, 0.4) is 0 Å². The Morgan fingerprint density at radius 2 is 2.00 bits per heavy atom. The Labute approximate surface area is 146 Å². The molecule has 1 atom stereocenters. The number of hydrogen-bond acceptors (Lipinski definition) is 3. The van der Waals surface area contributed by atoms with Crippen LogP contribution >= 0.6 is 0 Å². The largest absolute Gasteiger partial charge is 0.376 e. The minimum Gasteiger partial charge on any atom is -0.376 e. The molecule has 0 radical (unpaired) electrons. The highest BCUT2D eigenvalue weighted by Gasteiger charge is 2.25. The van der Waals surface area contributed by atoms with Crippen LogP contribution in [0.1, 0.15) is 24.0 Å². The third-order valence-electron chi connectivity index (χ3n) is 5.17. The predicted molar refractivity (Wildman–Crippen MR) is 96.6 cm³/mol. The minimum absolute atomic E-state index is 0.0403. The molecule has 1 heterocycles. The highest BCUT2D eigenvalue weighted by molar-refractivity contribution is 6.40. The van der Waals surface area contributed by atoms with Gasteiger partial charge in [-0.05, 0) is 48.3 Å². The summed E-state index contributed by atoms with van der Waals surface area (Å²) in [4.78, 5) is 26.2. The van der Waals surface area contributed by atoms with E-state index in [1.165, 1.54) is 21.4 Å². The number of aryl methyl sites for hydroxylation is 2. The maximum absolute atomic E-state index is 12.4. The molecule has 2 aliphatic rings. The summed E-state index contributed by atoms with van der Waals surface area (Å²) in [7, 11) is 1.65. The maximum atomic E-state index is 12.4. The summed E-state index contributed by atoms with van der Waals surface area (Å²) >= 11 is 0. The Bertz CT molecular complexity index is 830. The number of carbonyl (C=O) groups excluding carboxylic acids is 2. The topological polar surface area (TPSA) is 58.6 Å². The molecule has 1 saturated heterocycles. The third-order valence-corrected chi connectivity index (χ3v) is 5.17. The molecule has 130 valence electrons. The Morgan fingerprint density at radius 1 is 1.20 bits per heavy atom. The SMILES string of the molecule is CN(C[C@@H]1CCCO1)C(=O)C(=O)Nc1ccc2c3c(cccc13)CC2. The van der Waals surface area contributed by atoms with E-state index in [2.05, 4.69) is 17.4 Å². The van der Waals surface area contributed by atoms with Gasteiger partial charge in [-0.2, -0.15) is 0 Å². The zero-order chi connectivity index (χ0) is 17.4. The second kappa shape index (κ2) is 6.48. The molecule has 4 rings (SSSR count). The molecule has 2 aromatic rings. The van der Waals surface area contributed by atoms with Gasteiger partial charge in [-0.1, -0.05) is 24.3 Å². The van der Waals surface area contributed by atoms with Crippen molar-refractivity contribution in [2.24, 2.45) is 0 Å². The van der Waals surface area contributed by atoms with E-state index in [9.17, 15) is 9.59 Å². The van der Waals surface area contributed by atoms with E-state index in [0.29, 0.717) is 12.2 Å². The van der Waals surface area contributed by atoms with Crippen LogP contribution in [0.15, 0.2) is 30.3 Å². The number of carbonyl (C=O) groups is 2. The molecule has 5 nitrogen and oxygen atoms in total. The van der Waals surface area contributed by atoms with Gasteiger partial charge >= 0.3 is 11.8 Å². The minimum atomic E-state index is -0.598. The van der Waals surface area contributed by atoms with Crippen molar-refractivity contribution in [3.63, 3.8) is 0 Å². The van der Waals surface area contributed by atoms with Crippen LogP contribution in [0.25, 0.3) is 10.8 Å². The fourth-order valence-corrected chi connectivity index (χ4v) is 3.88. The molecule has 0 spiro atoms. The van der Waals surface area contributed by atoms with E-state index in [4.69, 9.17) is 4.74 Å². The van der Waals surface area contributed by atoms with Gasteiger partial charge < -0.3 is 15.0 Å². The number of anilines is 1. The summed E-state index contributed by atoms with van der Waals surface area (Å²) in [6.07, 6.45) is 4.06. The quantitative estimate of drug-likeness (QED) is 0.875. The number of benzene rings is 2. The average Bonchev–Trinajstić information content (AvgIpc) is 3.27. The number of rotatable bonds is 3. The van der Waals surface area contributed by atoms with Crippen molar-refractivity contribution in [3.8, 4) is 0 Å². The zero-order valence-corrected chi connectivity index (χ0v) is 14.4. The highest BCUT2D eigenvalue weighted by atomic mass is 16.5. The van der Waals surface area contributed by atoms with Gasteiger partial charge in [0.25, 0.3) is 0 Å². The number of nitrogens with one attached hydrogen (secondary N) is 1. The molecule has 1 fully saturated rings. The lowest BCUT2D eigenvalue weighted by molar-refractivity contribution is -0.143. The molecule has 5 heteroatoms. The standard InChI is InChI=1S/C20H22N2O3/c1-22(12-15-5-3-11-25-15)20(24)19(23)21-17-10-9-14-8-7-13-4-2-6-16(17)18(13)14/h2,4,6,9-10,15H,3,5,7-8,11-12H2,1H3,(H,21,23)/t15-/m0/s1. The van der Waals surface area contributed by atoms with E-state index in [-0.39, 0.29) is 6.10 Å². The molecular weight excluding hydrogens is 316 g/mol. The Morgan fingerprint density at radius 3 is 2.76 bits per heavy atom. The highest BCUT2D eigenvalue weighted by Crippen LogP contribution is 2.34. The van der Waals surface area contributed by atoms with Crippen molar-refractivity contribution in [2.75, 3.05) is 25.5 Å². The Hall–Kier alpha value is -2.40. The molecule has 0 aromatic heterocycles. The molecule has 0 bridgehead atoms.